The van der Waals surface area contributed by atoms with Crippen LogP contribution in [0.4, 0.5) is 0 Å². The van der Waals surface area contributed by atoms with Gasteiger partial charge < -0.3 is 10.0 Å². The first-order valence-electron chi connectivity index (χ1n) is 9.77. The summed E-state index contributed by atoms with van der Waals surface area (Å²) >= 11 is 0. The zero-order valence-electron chi connectivity index (χ0n) is 15.9. The third kappa shape index (κ3) is 4.26. The number of rotatable bonds is 6. The van der Waals surface area contributed by atoms with E-state index in [1.54, 1.807) is 0 Å². The highest BCUT2D eigenvalue weighted by molar-refractivity contribution is 5.78. The number of amides is 1. The van der Waals surface area contributed by atoms with Crippen molar-refractivity contribution in [2.45, 2.75) is 52.0 Å². The van der Waals surface area contributed by atoms with Gasteiger partial charge in [-0.15, -0.1) is 0 Å². The van der Waals surface area contributed by atoms with Gasteiger partial charge in [0.05, 0.1) is 0 Å². The number of carbonyl (C=O) groups is 2. The third-order valence-electron chi connectivity index (χ3n) is 6.07. The van der Waals surface area contributed by atoms with Crippen LogP contribution in [0.5, 0.6) is 0 Å². The zero-order valence-corrected chi connectivity index (χ0v) is 15.9. The lowest BCUT2D eigenvalue weighted by atomic mass is 9.91. The molecule has 0 spiro atoms. The van der Waals surface area contributed by atoms with E-state index in [2.05, 4.69) is 4.90 Å². The summed E-state index contributed by atoms with van der Waals surface area (Å²) in [6.45, 7) is 7.47. The maximum atomic E-state index is 11.9. The molecule has 1 amide bonds. The highest BCUT2D eigenvalue weighted by atomic mass is 16.4. The van der Waals surface area contributed by atoms with Crippen molar-refractivity contribution in [1.82, 2.24) is 9.80 Å². The van der Waals surface area contributed by atoms with Crippen LogP contribution in [0.25, 0.3) is 0 Å². The second kappa shape index (κ2) is 8.21. The number of hydrogen-bond donors (Lipinski definition) is 1. The van der Waals surface area contributed by atoms with Crippen molar-refractivity contribution < 1.29 is 14.7 Å². The highest BCUT2D eigenvalue weighted by Crippen LogP contribution is 2.30. The number of likely N-dealkylation sites (tertiary alicyclic amines) is 2. The van der Waals surface area contributed by atoms with Gasteiger partial charge >= 0.3 is 5.97 Å². The number of carbonyl (C=O) groups excluding carboxylic acids is 1. The molecule has 1 aromatic rings. The summed E-state index contributed by atoms with van der Waals surface area (Å²) in [6.07, 6.45) is 4.76. The molecule has 0 aliphatic carbocycles. The summed E-state index contributed by atoms with van der Waals surface area (Å²) in [4.78, 5) is 27.7. The van der Waals surface area contributed by atoms with Gasteiger partial charge in [0.25, 0.3) is 0 Å². The van der Waals surface area contributed by atoms with Gasteiger partial charge in [-0.1, -0.05) is 18.2 Å². The largest absolute Gasteiger partial charge is 0.480 e. The molecule has 5 nitrogen and oxygen atoms in total. The first-order chi connectivity index (χ1) is 12.5. The first-order valence-corrected chi connectivity index (χ1v) is 9.77. The molecule has 2 aliphatic rings. The molecule has 2 fully saturated rings. The number of aliphatic carboxylic acids is 1. The predicted octanol–water partition coefficient (Wildman–Crippen LogP) is 3.15. The molecule has 5 heteroatoms. The van der Waals surface area contributed by atoms with E-state index >= 15 is 0 Å². The van der Waals surface area contributed by atoms with Crippen molar-refractivity contribution in [1.29, 1.82) is 0 Å². The van der Waals surface area contributed by atoms with Crippen molar-refractivity contribution in [2.75, 3.05) is 26.2 Å². The van der Waals surface area contributed by atoms with Crippen LogP contribution in [-0.2, 0) is 9.59 Å². The quantitative estimate of drug-likeness (QED) is 0.849. The number of carboxylic acids is 1. The standard InChI is InChI=1S/C21H30N2O3/c1-15-5-6-18(14-16(15)2)20(21(25)26)23-12-8-17(9-13-23)7-11-22-10-3-4-19(22)24/h5-6,14,17,20H,3-4,7-13H2,1-2H3,(H,25,26)/t20-/m1/s1. The Balaban J connectivity index is 1.57. The number of piperidine rings is 1. The highest BCUT2D eigenvalue weighted by Gasteiger charge is 2.31. The van der Waals surface area contributed by atoms with E-state index in [1.165, 1.54) is 5.56 Å². The predicted molar refractivity (Wildman–Crippen MR) is 101 cm³/mol. The molecule has 0 unspecified atom stereocenters. The molecule has 1 atom stereocenters. The summed E-state index contributed by atoms with van der Waals surface area (Å²) in [5.41, 5.74) is 3.20. The van der Waals surface area contributed by atoms with Crippen molar-refractivity contribution in [3.05, 3.63) is 34.9 Å². The average Bonchev–Trinajstić information content (AvgIpc) is 3.02. The summed E-state index contributed by atoms with van der Waals surface area (Å²) in [6, 6.07) is 5.42. The van der Waals surface area contributed by atoms with E-state index in [0.29, 0.717) is 18.2 Å². The van der Waals surface area contributed by atoms with E-state index in [4.69, 9.17) is 0 Å². The maximum Gasteiger partial charge on any atom is 0.325 e. The minimum absolute atomic E-state index is 0.295. The van der Waals surface area contributed by atoms with Crippen LogP contribution in [0.15, 0.2) is 18.2 Å². The summed E-state index contributed by atoms with van der Waals surface area (Å²) in [5.74, 6) is 0.117. The summed E-state index contributed by atoms with van der Waals surface area (Å²) in [5, 5.41) is 9.80. The van der Waals surface area contributed by atoms with E-state index in [9.17, 15) is 14.7 Å². The van der Waals surface area contributed by atoms with Gasteiger partial charge in [-0.2, -0.15) is 0 Å². The van der Waals surface area contributed by atoms with Gasteiger partial charge in [0.15, 0.2) is 0 Å². The Bertz CT molecular complexity index is 665. The number of aryl methyl sites for hydroxylation is 2. The van der Waals surface area contributed by atoms with Gasteiger partial charge in [-0.3, -0.25) is 14.5 Å². The van der Waals surface area contributed by atoms with Gasteiger partial charge in [0.2, 0.25) is 5.91 Å². The smallest absolute Gasteiger partial charge is 0.325 e. The SMILES string of the molecule is Cc1ccc([C@H](C(=O)O)N2CCC(CCN3CCCC3=O)CC2)cc1C. The number of nitrogens with zero attached hydrogens (tertiary/aromatic N) is 2. The normalized spacial score (nSPS) is 20.5. The molecular weight excluding hydrogens is 328 g/mol. The fourth-order valence-electron chi connectivity index (χ4n) is 4.22. The molecular formula is C21H30N2O3. The Hall–Kier alpha value is -1.88. The van der Waals surface area contributed by atoms with Crippen molar-refractivity contribution >= 4 is 11.9 Å². The molecule has 0 bridgehead atoms. The van der Waals surface area contributed by atoms with Gasteiger partial charge in [0.1, 0.15) is 6.04 Å². The molecule has 26 heavy (non-hydrogen) atoms. The van der Waals surface area contributed by atoms with Crippen LogP contribution in [0.1, 0.15) is 54.8 Å². The van der Waals surface area contributed by atoms with Crippen LogP contribution >= 0.6 is 0 Å². The molecule has 3 rings (SSSR count). The maximum absolute atomic E-state index is 11.9. The van der Waals surface area contributed by atoms with E-state index in [0.717, 1.165) is 63.0 Å². The molecule has 1 aromatic carbocycles. The van der Waals surface area contributed by atoms with Gasteiger partial charge in [-0.25, -0.2) is 0 Å². The Kier molecular flexibility index (Phi) is 5.97. The van der Waals surface area contributed by atoms with Crippen molar-refractivity contribution in [3.63, 3.8) is 0 Å². The lowest BCUT2D eigenvalue weighted by Gasteiger charge is -2.36. The molecule has 0 radical (unpaired) electrons. The lowest BCUT2D eigenvalue weighted by Crippen LogP contribution is -2.40. The second-order valence-corrected chi connectivity index (χ2v) is 7.84. The van der Waals surface area contributed by atoms with Crippen LogP contribution in [0.2, 0.25) is 0 Å². The van der Waals surface area contributed by atoms with Crippen LogP contribution in [-0.4, -0.2) is 53.0 Å². The monoisotopic (exact) mass is 358 g/mol. The average molecular weight is 358 g/mol. The van der Waals surface area contributed by atoms with Crippen LogP contribution in [0.3, 0.4) is 0 Å². The number of carboxylic acid groups (broad SMARTS) is 1. The van der Waals surface area contributed by atoms with E-state index < -0.39 is 12.0 Å². The molecule has 142 valence electrons. The molecule has 2 heterocycles. The Labute approximate surface area is 156 Å². The van der Waals surface area contributed by atoms with E-state index in [1.807, 2.05) is 36.9 Å². The fraction of sp³-hybridized carbons (Fsp3) is 0.619. The summed E-state index contributed by atoms with van der Waals surface area (Å²) in [7, 11) is 0. The molecule has 0 saturated carbocycles. The van der Waals surface area contributed by atoms with Crippen LogP contribution < -0.4 is 0 Å². The number of benzene rings is 1. The number of hydrogen-bond acceptors (Lipinski definition) is 3. The fourth-order valence-corrected chi connectivity index (χ4v) is 4.22. The molecule has 2 aliphatic heterocycles. The van der Waals surface area contributed by atoms with Gasteiger partial charge in [0, 0.05) is 19.5 Å². The van der Waals surface area contributed by atoms with Gasteiger partial charge in [-0.05, 0) is 75.2 Å². The van der Waals surface area contributed by atoms with Crippen molar-refractivity contribution in [2.24, 2.45) is 5.92 Å². The minimum atomic E-state index is -0.769. The first kappa shape index (κ1) is 18.9. The summed E-state index contributed by atoms with van der Waals surface area (Å²) < 4.78 is 0. The Morgan fingerprint density at radius 2 is 1.92 bits per heavy atom. The molecule has 2 saturated heterocycles. The van der Waals surface area contributed by atoms with Crippen molar-refractivity contribution in [3.8, 4) is 0 Å². The second-order valence-electron chi connectivity index (χ2n) is 7.84. The minimum Gasteiger partial charge on any atom is -0.480 e. The molecule has 0 aromatic heterocycles. The lowest BCUT2D eigenvalue weighted by molar-refractivity contribution is -0.144. The van der Waals surface area contributed by atoms with Crippen LogP contribution in [0, 0.1) is 19.8 Å². The zero-order chi connectivity index (χ0) is 18.7. The Morgan fingerprint density at radius 1 is 1.19 bits per heavy atom. The molecule has 1 N–H and O–H groups in total. The Morgan fingerprint density at radius 3 is 2.50 bits per heavy atom. The third-order valence-corrected chi connectivity index (χ3v) is 6.07. The van der Waals surface area contributed by atoms with E-state index in [-0.39, 0.29) is 0 Å². The topological polar surface area (TPSA) is 60.9 Å².